The molecule has 2 aromatic rings. The molecule has 1 aliphatic rings. The Kier molecular flexibility index (Phi) is 44.7. The highest BCUT2D eigenvalue weighted by atomic mass is 32.1. The van der Waals surface area contributed by atoms with Gasteiger partial charge >= 0.3 is 5.97 Å². The van der Waals surface area contributed by atoms with Crippen molar-refractivity contribution in [1.29, 1.82) is 21.6 Å². The Bertz CT molecular complexity index is 3770. The van der Waals surface area contributed by atoms with Gasteiger partial charge in [0.15, 0.2) is 35.8 Å². The van der Waals surface area contributed by atoms with Gasteiger partial charge in [0, 0.05) is 49.9 Å². The summed E-state index contributed by atoms with van der Waals surface area (Å²) in [6, 6.07) is 1.71. The van der Waals surface area contributed by atoms with Gasteiger partial charge in [-0.05, 0) is 107 Å². The number of benzene rings is 2. The number of carbonyl (C=O) groups excluding carboxylic acids is 14. The Morgan fingerprint density at radius 2 is 0.949 bits per heavy atom. The van der Waals surface area contributed by atoms with E-state index in [0.717, 1.165) is 0 Å². The van der Waals surface area contributed by atoms with E-state index < -0.39 is 216 Å². The van der Waals surface area contributed by atoms with Gasteiger partial charge < -0.3 is 119 Å². The number of nitrogens with two attached hydrogens (primary N) is 6. The van der Waals surface area contributed by atoms with E-state index in [1.807, 2.05) is 0 Å². The van der Waals surface area contributed by atoms with Crippen LogP contribution in [0.4, 0.5) is 0 Å². The largest absolute Gasteiger partial charge is 0.481 e. The molecule has 13 atom stereocenters. The SMILES string of the molecule is CC[C@H](C)[C@H](NC(=O)[C@H](CCCNC(=N)N)NC(=O)CNC(=O)CNC(=O)[C@H](Cc1ccccc1)NC(=O)[C@@H](C)NC(=O)[C@@H](N)CS)C(=O)N[C@@H](CC(=O)O)C(=O)N[C@@H](CCCNC(=N)N)C(=O)N[C@H](C(=O)N[C@@H](CS)C(=O)N[C@@H](Cc1ccccc1)C(=O)N(C(=O)C1CCC(CN)CC1)[C@](C=O)(CCCNC(=N)N)NC(=N)N)[C@@H](C)CC. The lowest BCUT2D eigenvalue weighted by molar-refractivity contribution is -0.161. The van der Waals surface area contributed by atoms with Crippen LogP contribution in [-0.2, 0) is 84.8 Å². The molecule has 0 saturated heterocycles. The van der Waals surface area contributed by atoms with Crippen molar-refractivity contribution in [3.63, 3.8) is 0 Å². The highest BCUT2D eigenvalue weighted by Crippen LogP contribution is 2.33. The van der Waals surface area contributed by atoms with Crippen LogP contribution in [0, 0.1) is 45.3 Å². The summed E-state index contributed by atoms with van der Waals surface area (Å²) in [6.45, 7) is 6.56. The summed E-state index contributed by atoms with van der Waals surface area (Å²) >= 11 is 8.39. The quantitative estimate of drug-likeness (QED) is 0.00732. The van der Waals surface area contributed by atoms with E-state index in [-0.39, 0.29) is 115 Å². The molecule has 0 spiro atoms. The van der Waals surface area contributed by atoms with Gasteiger partial charge in [0.25, 0.3) is 5.91 Å². The second-order valence-electron chi connectivity index (χ2n) is 28.8. The molecular formula is C74H120N26O16S2. The summed E-state index contributed by atoms with van der Waals surface area (Å²) in [4.78, 5) is 211. The number of thiol groups is 2. The number of hydrogen-bond acceptors (Lipinski definition) is 23. The van der Waals surface area contributed by atoms with E-state index in [9.17, 15) is 67.4 Å². The normalized spacial score (nSPS) is 16.5. The van der Waals surface area contributed by atoms with Crippen molar-refractivity contribution in [3.8, 4) is 0 Å². The first-order chi connectivity index (χ1) is 55.9. The molecule has 1 fully saturated rings. The number of hydrogen-bond donors (Lipinski definition) is 28. The maximum absolute atomic E-state index is 15.5. The molecule has 0 aromatic heterocycles. The number of imide groups is 1. The number of guanidine groups is 4. The van der Waals surface area contributed by atoms with Crippen LogP contribution in [0.5, 0.6) is 0 Å². The van der Waals surface area contributed by atoms with Crippen molar-refractivity contribution >= 4 is 138 Å². The van der Waals surface area contributed by atoms with Crippen LogP contribution in [0.3, 0.4) is 0 Å². The zero-order chi connectivity index (χ0) is 88.4. The number of nitrogens with one attached hydrogen (secondary N) is 19. The summed E-state index contributed by atoms with van der Waals surface area (Å²) in [7, 11) is 0. The Hall–Kier alpha value is -11.4. The van der Waals surface area contributed by atoms with Gasteiger partial charge in [0.1, 0.15) is 54.4 Å². The number of rotatable bonds is 52. The Morgan fingerprint density at radius 3 is 1.41 bits per heavy atom. The van der Waals surface area contributed by atoms with Gasteiger partial charge in [-0.25, -0.2) is 4.90 Å². The van der Waals surface area contributed by atoms with Crippen molar-refractivity contribution in [2.45, 2.75) is 197 Å². The number of nitrogens with zero attached hydrogens (tertiary/aromatic N) is 1. The van der Waals surface area contributed by atoms with Crippen molar-refractivity contribution in [3.05, 3.63) is 71.8 Å². The molecule has 13 amide bonds. The molecule has 32 N–H and O–H groups in total. The molecule has 42 nitrogen and oxygen atoms in total. The average Bonchev–Trinajstić information content (AvgIpc) is 0.770. The minimum Gasteiger partial charge on any atom is -0.481 e. The number of carboxylic acid groups (broad SMARTS) is 1. The maximum atomic E-state index is 15.5. The van der Waals surface area contributed by atoms with Crippen molar-refractivity contribution < 1.29 is 77.0 Å². The lowest BCUT2D eigenvalue weighted by Gasteiger charge is -2.43. The topological polar surface area (TPSA) is 711 Å². The first-order valence-corrected chi connectivity index (χ1v) is 40.1. The van der Waals surface area contributed by atoms with E-state index in [1.165, 1.54) is 13.8 Å². The highest BCUT2D eigenvalue weighted by Gasteiger charge is 2.49. The van der Waals surface area contributed by atoms with Gasteiger partial charge in [0.05, 0.1) is 25.6 Å². The van der Waals surface area contributed by atoms with Gasteiger partial charge in [-0.15, -0.1) is 0 Å². The number of carbonyl (C=O) groups is 15. The van der Waals surface area contributed by atoms with E-state index in [0.29, 0.717) is 35.4 Å². The molecule has 0 bridgehead atoms. The van der Waals surface area contributed by atoms with Crippen LogP contribution < -0.4 is 114 Å². The second-order valence-corrected chi connectivity index (χ2v) is 29.5. The van der Waals surface area contributed by atoms with E-state index >= 15 is 9.59 Å². The first-order valence-electron chi connectivity index (χ1n) is 38.8. The van der Waals surface area contributed by atoms with Crippen LogP contribution in [0.15, 0.2) is 60.7 Å². The molecule has 2 aromatic carbocycles. The van der Waals surface area contributed by atoms with E-state index in [2.05, 4.69) is 105 Å². The molecule has 0 unspecified atom stereocenters. The molecule has 3 rings (SSSR count). The molecule has 1 saturated carbocycles. The molecule has 1 aliphatic carbocycles. The average molecular weight is 1690 g/mol. The zero-order valence-electron chi connectivity index (χ0n) is 67.1. The maximum Gasteiger partial charge on any atom is 0.305 e. The second kappa shape index (κ2) is 52.3. The molecule has 118 heavy (non-hydrogen) atoms. The minimum atomic E-state index is -2.35. The van der Waals surface area contributed by atoms with Crippen LogP contribution in [-0.4, -0.2) is 240 Å². The Morgan fingerprint density at radius 1 is 0.508 bits per heavy atom. The third-order valence-electron chi connectivity index (χ3n) is 19.6. The standard InChI is InChI=1S/C74H120N26O16S2/c1-6-40(3)57(97-62(109)48(21-14-28-85-70(77)78)91-55(103)36-88-54(102)35-89-61(108)50(31-43-17-10-8-11-18-43)93-59(106)42(5)90-60(107)47(76)37-117)66(113)94-51(33-56(104)105)64(111)92-49(22-15-29-86-71(79)80)63(110)98-58(41(4)7-2)67(114)96-53(38-118)65(112)95-52(32-44-19-12-9-13-20-44)69(116)100(68(115)46-25-23-45(34-75)24-26-46)74(39-101,99-73(83)84)27-16-30-87-72(81)82/h8-13,17-20,39-42,45-53,57-58,117-118H,6-7,14-16,21-38,75-76H2,1-5H3,(H,88,102)(H,89,108)(H,90,107)(H,91,103)(H,92,111)(H,93,106)(H,94,113)(H,95,112)(H,96,114)(H,97,109)(H,98,110)(H,104,105)(H4,77,78,85)(H4,79,80,86)(H4,81,82,87)(H4,83,84,99)/t40-,41-,42+,45?,46?,47-,48-,49-,50-,51-,52-,53-,57-,58-,74-/m0/s1. The lowest BCUT2D eigenvalue weighted by atomic mass is 9.80. The number of aldehydes is 1. The van der Waals surface area contributed by atoms with Crippen molar-refractivity contribution in [1.82, 2.24) is 84.7 Å². The third kappa shape index (κ3) is 35.2. The predicted octanol–water partition coefficient (Wildman–Crippen LogP) is -5.87. The first kappa shape index (κ1) is 101. The third-order valence-corrected chi connectivity index (χ3v) is 20.4. The smallest absolute Gasteiger partial charge is 0.305 e. The van der Waals surface area contributed by atoms with E-state index in [4.69, 9.17) is 56.0 Å². The Balaban J connectivity index is 1.96. The summed E-state index contributed by atoms with van der Waals surface area (Å²) < 4.78 is 0. The Labute approximate surface area is 695 Å². The van der Waals surface area contributed by atoms with Gasteiger partial charge in [-0.3, -0.25) is 93.6 Å². The summed E-state index contributed by atoms with van der Waals surface area (Å²) in [6.07, 6.45) is -0.210. The number of amides is 13. The fraction of sp³-hybridized carbons (Fsp3) is 0.581. The summed E-state index contributed by atoms with van der Waals surface area (Å²) in [5.74, 6) is -19.0. The van der Waals surface area contributed by atoms with Crippen molar-refractivity contribution in [2.75, 3.05) is 50.8 Å². The van der Waals surface area contributed by atoms with Gasteiger partial charge in [-0.2, -0.15) is 25.3 Å². The van der Waals surface area contributed by atoms with Crippen LogP contribution in [0.2, 0.25) is 0 Å². The fourth-order valence-electron chi connectivity index (χ4n) is 12.5. The summed E-state index contributed by atoms with van der Waals surface area (Å²) in [5, 5.41) is 79.2. The minimum absolute atomic E-state index is 0.00883. The van der Waals surface area contributed by atoms with Gasteiger partial charge in [-0.1, -0.05) is 101 Å². The number of carboxylic acids is 1. The monoisotopic (exact) mass is 1690 g/mol. The molecular weight excluding hydrogens is 1570 g/mol. The van der Waals surface area contributed by atoms with E-state index in [1.54, 1.807) is 81.4 Å². The van der Waals surface area contributed by atoms with Crippen molar-refractivity contribution in [2.24, 2.45) is 58.1 Å². The molecule has 0 aliphatic heterocycles. The lowest BCUT2D eigenvalue weighted by Crippen LogP contribution is -2.70. The van der Waals surface area contributed by atoms with Gasteiger partial charge in [0.2, 0.25) is 70.9 Å². The molecule has 44 heteroatoms. The molecule has 0 heterocycles. The highest BCUT2D eigenvalue weighted by molar-refractivity contribution is 7.80. The summed E-state index contributed by atoms with van der Waals surface area (Å²) in [5.41, 5.74) is 32.9. The number of aliphatic carboxylic acids is 1. The van der Waals surface area contributed by atoms with Crippen LogP contribution in [0.1, 0.15) is 129 Å². The fourth-order valence-corrected chi connectivity index (χ4v) is 12.9. The van der Waals surface area contributed by atoms with Crippen LogP contribution in [0.25, 0.3) is 0 Å². The molecule has 654 valence electrons. The predicted molar refractivity (Wildman–Crippen MR) is 444 cm³/mol. The van der Waals surface area contributed by atoms with Crippen LogP contribution >= 0.6 is 25.3 Å². The molecule has 0 radical (unpaired) electrons. The zero-order valence-corrected chi connectivity index (χ0v) is 68.9.